The van der Waals surface area contributed by atoms with E-state index in [1.54, 1.807) is 19.1 Å². The van der Waals surface area contributed by atoms with Gasteiger partial charge < -0.3 is 15.8 Å². The summed E-state index contributed by atoms with van der Waals surface area (Å²) in [6.45, 7) is 2.30. The summed E-state index contributed by atoms with van der Waals surface area (Å²) in [5.74, 6) is -0.0462. The van der Waals surface area contributed by atoms with Crippen LogP contribution in [0.2, 0.25) is 0 Å². The minimum Gasteiger partial charge on any atom is -0.490 e. The molecule has 1 aliphatic rings. The molecular formula is C17H19FN4O2. The van der Waals surface area contributed by atoms with Crippen molar-refractivity contribution in [2.45, 2.75) is 25.8 Å². The Morgan fingerprint density at radius 2 is 2.17 bits per heavy atom. The summed E-state index contributed by atoms with van der Waals surface area (Å²) < 4.78 is 19.6. The fourth-order valence-electron chi connectivity index (χ4n) is 2.27. The van der Waals surface area contributed by atoms with Crippen LogP contribution in [0.1, 0.15) is 41.9 Å². The van der Waals surface area contributed by atoms with E-state index >= 15 is 0 Å². The Morgan fingerprint density at radius 3 is 2.83 bits per heavy atom. The first-order valence-electron chi connectivity index (χ1n) is 7.84. The highest BCUT2D eigenvalue weighted by Gasteiger charge is 2.23. The van der Waals surface area contributed by atoms with Gasteiger partial charge in [0.25, 0.3) is 5.91 Å². The molecule has 6 nitrogen and oxygen atoms in total. The van der Waals surface area contributed by atoms with Crippen LogP contribution in [0.15, 0.2) is 30.6 Å². The predicted octanol–water partition coefficient (Wildman–Crippen LogP) is 2.48. The van der Waals surface area contributed by atoms with Crippen molar-refractivity contribution in [3.63, 3.8) is 0 Å². The first-order valence-corrected chi connectivity index (χ1v) is 7.84. The third-order valence-corrected chi connectivity index (χ3v) is 3.92. The fraction of sp³-hybridized carbons (Fsp3) is 0.353. The normalized spacial score (nSPS) is 14.9. The molecule has 1 aromatic heterocycles. The number of aromatic nitrogens is 2. The molecule has 2 aromatic rings. The SMILES string of the molecule is CC(NC(=O)c1nccnc1N)c1ccc(OCC2CC2)c(F)c1. The zero-order valence-corrected chi connectivity index (χ0v) is 13.3. The molecule has 1 fully saturated rings. The van der Waals surface area contributed by atoms with Gasteiger partial charge >= 0.3 is 0 Å². The van der Waals surface area contributed by atoms with Gasteiger partial charge in [-0.25, -0.2) is 14.4 Å². The summed E-state index contributed by atoms with van der Waals surface area (Å²) in [4.78, 5) is 19.9. The molecule has 1 unspecified atom stereocenters. The molecule has 0 bridgehead atoms. The van der Waals surface area contributed by atoms with Crippen LogP contribution < -0.4 is 15.8 Å². The summed E-state index contributed by atoms with van der Waals surface area (Å²) in [5.41, 5.74) is 6.31. The maximum absolute atomic E-state index is 14.1. The zero-order chi connectivity index (χ0) is 17.1. The van der Waals surface area contributed by atoms with Gasteiger partial charge in [-0.05, 0) is 43.4 Å². The van der Waals surface area contributed by atoms with E-state index in [2.05, 4.69) is 15.3 Å². The second-order valence-corrected chi connectivity index (χ2v) is 5.93. The lowest BCUT2D eigenvalue weighted by Gasteiger charge is -2.15. The number of carbonyl (C=O) groups excluding carboxylic acids is 1. The molecule has 3 N–H and O–H groups in total. The Hall–Kier alpha value is -2.70. The van der Waals surface area contributed by atoms with Gasteiger partial charge in [-0.3, -0.25) is 4.79 Å². The highest BCUT2D eigenvalue weighted by Crippen LogP contribution is 2.30. The molecule has 1 atom stereocenters. The lowest BCUT2D eigenvalue weighted by Crippen LogP contribution is -2.28. The minimum absolute atomic E-state index is 0.0502. The standard InChI is InChI=1S/C17H19FN4O2/c1-10(22-17(23)15-16(19)21-7-6-20-15)12-4-5-14(13(18)8-12)24-9-11-2-3-11/h4-8,10-11H,2-3,9H2,1H3,(H2,19,21)(H,22,23). The van der Waals surface area contributed by atoms with Crippen LogP contribution in [-0.4, -0.2) is 22.5 Å². The van der Waals surface area contributed by atoms with Crippen LogP contribution in [0.25, 0.3) is 0 Å². The lowest BCUT2D eigenvalue weighted by atomic mass is 10.1. The summed E-state index contributed by atoms with van der Waals surface area (Å²) in [6, 6.07) is 4.28. The van der Waals surface area contributed by atoms with Crippen LogP contribution in [0, 0.1) is 11.7 Å². The Kier molecular flexibility index (Phi) is 4.59. The molecule has 0 spiro atoms. The largest absolute Gasteiger partial charge is 0.490 e. The van der Waals surface area contributed by atoms with Gasteiger partial charge in [-0.2, -0.15) is 0 Å². The van der Waals surface area contributed by atoms with E-state index in [4.69, 9.17) is 10.5 Å². The summed E-state index contributed by atoms with van der Waals surface area (Å²) in [5, 5.41) is 2.73. The number of halogens is 1. The molecule has 1 amide bonds. The number of nitrogens with two attached hydrogens (primary N) is 1. The smallest absolute Gasteiger partial charge is 0.274 e. The van der Waals surface area contributed by atoms with Crippen molar-refractivity contribution in [3.05, 3.63) is 47.7 Å². The first kappa shape index (κ1) is 16.2. The number of amides is 1. The van der Waals surface area contributed by atoms with Crippen LogP contribution in [0.3, 0.4) is 0 Å². The van der Waals surface area contributed by atoms with E-state index in [-0.39, 0.29) is 17.3 Å². The first-order chi connectivity index (χ1) is 11.5. The fourth-order valence-corrected chi connectivity index (χ4v) is 2.27. The third-order valence-electron chi connectivity index (χ3n) is 3.92. The van der Waals surface area contributed by atoms with Crippen LogP contribution in [0.4, 0.5) is 10.2 Å². The number of anilines is 1. The molecule has 1 saturated carbocycles. The lowest BCUT2D eigenvalue weighted by molar-refractivity contribution is 0.0935. The Bertz CT molecular complexity index is 749. The molecule has 1 heterocycles. The molecule has 0 saturated heterocycles. The molecule has 1 aliphatic carbocycles. The average molecular weight is 330 g/mol. The topological polar surface area (TPSA) is 90.1 Å². The second kappa shape index (κ2) is 6.82. The summed E-state index contributed by atoms with van der Waals surface area (Å²) in [7, 11) is 0. The van der Waals surface area contributed by atoms with Crippen LogP contribution in [-0.2, 0) is 0 Å². The highest BCUT2D eigenvalue weighted by molar-refractivity contribution is 5.96. The van der Waals surface area contributed by atoms with E-state index in [9.17, 15) is 9.18 Å². The number of hydrogen-bond acceptors (Lipinski definition) is 5. The summed E-state index contributed by atoms with van der Waals surface area (Å²) >= 11 is 0. The molecule has 0 aliphatic heterocycles. The molecular weight excluding hydrogens is 311 g/mol. The van der Waals surface area contributed by atoms with E-state index in [0.717, 1.165) is 12.8 Å². The van der Waals surface area contributed by atoms with Gasteiger partial charge in [0.05, 0.1) is 12.6 Å². The second-order valence-electron chi connectivity index (χ2n) is 5.93. The summed E-state index contributed by atoms with van der Waals surface area (Å²) in [6.07, 6.45) is 5.09. The Morgan fingerprint density at radius 1 is 1.42 bits per heavy atom. The van der Waals surface area contributed by atoms with Crippen LogP contribution >= 0.6 is 0 Å². The maximum Gasteiger partial charge on any atom is 0.274 e. The average Bonchev–Trinajstić information content (AvgIpc) is 3.38. The van der Waals surface area contributed by atoms with Crippen molar-refractivity contribution in [2.24, 2.45) is 5.92 Å². The predicted molar refractivity (Wildman–Crippen MR) is 86.9 cm³/mol. The van der Waals surface area contributed by atoms with Crippen molar-refractivity contribution in [2.75, 3.05) is 12.3 Å². The van der Waals surface area contributed by atoms with Crippen molar-refractivity contribution < 1.29 is 13.9 Å². The van der Waals surface area contributed by atoms with Gasteiger partial charge in [0, 0.05) is 12.4 Å². The van der Waals surface area contributed by atoms with Gasteiger partial charge in [0.15, 0.2) is 23.1 Å². The van der Waals surface area contributed by atoms with Crippen molar-refractivity contribution in [1.82, 2.24) is 15.3 Å². The van der Waals surface area contributed by atoms with E-state index in [0.29, 0.717) is 18.1 Å². The molecule has 3 rings (SSSR count). The zero-order valence-electron chi connectivity index (χ0n) is 13.3. The molecule has 0 radical (unpaired) electrons. The number of hydrogen-bond donors (Lipinski definition) is 2. The third kappa shape index (κ3) is 3.79. The van der Waals surface area contributed by atoms with Gasteiger partial charge in [-0.1, -0.05) is 6.07 Å². The van der Waals surface area contributed by atoms with Gasteiger partial charge in [0.1, 0.15) is 0 Å². The van der Waals surface area contributed by atoms with Crippen LogP contribution in [0.5, 0.6) is 5.75 Å². The molecule has 126 valence electrons. The van der Waals surface area contributed by atoms with E-state index in [1.165, 1.54) is 18.5 Å². The van der Waals surface area contributed by atoms with Crippen molar-refractivity contribution >= 4 is 11.7 Å². The van der Waals surface area contributed by atoms with E-state index < -0.39 is 17.8 Å². The highest BCUT2D eigenvalue weighted by atomic mass is 19.1. The Balaban J connectivity index is 1.65. The Labute approximate surface area is 139 Å². The minimum atomic E-state index is -0.456. The number of rotatable bonds is 6. The number of nitrogen functional groups attached to an aromatic ring is 1. The van der Waals surface area contributed by atoms with Gasteiger partial charge in [0.2, 0.25) is 0 Å². The number of nitrogens with zero attached hydrogens (tertiary/aromatic N) is 2. The number of ether oxygens (including phenoxy) is 1. The van der Waals surface area contributed by atoms with Crippen molar-refractivity contribution in [1.29, 1.82) is 0 Å². The molecule has 1 aromatic carbocycles. The monoisotopic (exact) mass is 330 g/mol. The molecule has 24 heavy (non-hydrogen) atoms. The number of nitrogens with one attached hydrogen (secondary N) is 1. The van der Waals surface area contributed by atoms with E-state index in [1.807, 2.05) is 0 Å². The van der Waals surface area contributed by atoms with Gasteiger partial charge in [-0.15, -0.1) is 0 Å². The maximum atomic E-state index is 14.1. The number of benzene rings is 1. The van der Waals surface area contributed by atoms with Crippen molar-refractivity contribution in [3.8, 4) is 5.75 Å². The molecule has 7 heteroatoms. The number of carbonyl (C=O) groups is 1. The quantitative estimate of drug-likeness (QED) is 0.849.